The van der Waals surface area contributed by atoms with Crippen LogP contribution in [0.4, 0.5) is 0 Å². The van der Waals surface area contributed by atoms with Gasteiger partial charge < -0.3 is 8.83 Å². The van der Waals surface area contributed by atoms with Crippen LogP contribution < -0.4 is 0 Å². The van der Waals surface area contributed by atoms with Gasteiger partial charge in [0.05, 0.1) is 0 Å². The first-order chi connectivity index (χ1) is 23.2. The van der Waals surface area contributed by atoms with Gasteiger partial charge in [0.15, 0.2) is 0 Å². The minimum Gasteiger partial charge on any atom is -0.455 e. The van der Waals surface area contributed by atoms with E-state index in [1.807, 2.05) is 0 Å². The van der Waals surface area contributed by atoms with E-state index in [0.717, 1.165) is 52.7 Å². The Morgan fingerprint density at radius 2 is 0.872 bits per heavy atom. The fourth-order valence-electron chi connectivity index (χ4n) is 7.84. The lowest BCUT2D eigenvalue weighted by molar-refractivity contribution is 0.659. The van der Waals surface area contributed by atoms with Crippen LogP contribution in [0.15, 0.2) is 118 Å². The molecular formula is C45H38O2. The molecule has 0 amide bonds. The highest BCUT2D eigenvalue weighted by Crippen LogP contribution is 2.45. The van der Waals surface area contributed by atoms with Crippen LogP contribution in [0.2, 0.25) is 0 Å². The number of hydrogen-bond donors (Lipinski definition) is 0. The summed E-state index contributed by atoms with van der Waals surface area (Å²) in [5, 5.41) is 4.80. The Morgan fingerprint density at radius 1 is 0.447 bits per heavy atom. The maximum Gasteiger partial charge on any atom is 0.143 e. The van der Waals surface area contributed by atoms with Crippen molar-refractivity contribution < 1.29 is 8.83 Å². The van der Waals surface area contributed by atoms with Gasteiger partial charge in [0.25, 0.3) is 0 Å². The van der Waals surface area contributed by atoms with E-state index in [0.29, 0.717) is 0 Å². The summed E-state index contributed by atoms with van der Waals surface area (Å²) in [6.07, 6.45) is 7.73. The highest BCUT2D eigenvalue weighted by atomic mass is 16.3. The fourth-order valence-corrected chi connectivity index (χ4v) is 7.84. The lowest BCUT2D eigenvalue weighted by Crippen LogP contribution is -1.84. The number of benzene rings is 6. The quantitative estimate of drug-likeness (QED) is 0.171. The van der Waals surface area contributed by atoms with Gasteiger partial charge in [-0.3, -0.25) is 0 Å². The van der Waals surface area contributed by atoms with Crippen molar-refractivity contribution in [1.29, 1.82) is 0 Å². The van der Waals surface area contributed by atoms with Gasteiger partial charge in [0, 0.05) is 32.7 Å². The average Bonchev–Trinajstić information content (AvgIpc) is 3.81. The van der Waals surface area contributed by atoms with E-state index in [4.69, 9.17) is 8.83 Å². The van der Waals surface area contributed by atoms with Crippen molar-refractivity contribution in [1.82, 2.24) is 0 Å². The van der Waals surface area contributed by atoms with E-state index in [-0.39, 0.29) is 0 Å². The van der Waals surface area contributed by atoms with Gasteiger partial charge in [0.2, 0.25) is 0 Å². The number of fused-ring (bicyclic) bond motifs is 9. The third-order valence-electron chi connectivity index (χ3n) is 10.3. The van der Waals surface area contributed by atoms with Crippen LogP contribution in [0.5, 0.6) is 0 Å². The maximum absolute atomic E-state index is 6.72. The van der Waals surface area contributed by atoms with Crippen molar-refractivity contribution in [3.8, 4) is 33.4 Å². The topological polar surface area (TPSA) is 26.3 Å². The third kappa shape index (κ3) is 4.53. The molecule has 0 N–H and O–H groups in total. The molecule has 2 heteroatoms. The zero-order chi connectivity index (χ0) is 31.5. The zero-order valence-corrected chi connectivity index (χ0v) is 27.2. The maximum atomic E-state index is 6.72. The highest BCUT2D eigenvalue weighted by molar-refractivity contribution is 6.11. The van der Waals surface area contributed by atoms with E-state index in [2.05, 4.69) is 123 Å². The first-order valence-corrected chi connectivity index (χ1v) is 17.3. The summed E-state index contributed by atoms with van der Waals surface area (Å²) in [6, 6.07) is 40.3. The molecule has 0 radical (unpaired) electrons. The minimum absolute atomic E-state index is 0.955. The molecule has 2 nitrogen and oxygen atoms in total. The van der Waals surface area contributed by atoms with Crippen LogP contribution >= 0.6 is 0 Å². The molecular weight excluding hydrogens is 572 g/mol. The van der Waals surface area contributed by atoms with Crippen molar-refractivity contribution in [2.24, 2.45) is 0 Å². The van der Waals surface area contributed by atoms with Gasteiger partial charge in [-0.15, -0.1) is 0 Å². The molecule has 0 saturated heterocycles. The molecule has 6 aromatic carbocycles. The molecule has 1 aliphatic rings. The molecule has 0 bridgehead atoms. The van der Waals surface area contributed by atoms with E-state index < -0.39 is 0 Å². The molecule has 230 valence electrons. The van der Waals surface area contributed by atoms with Gasteiger partial charge in [-0.1, -0.05) is 124 Å². The predicted octanol–water partition coefficient (Wildman–Crippen LogP) is 13.1. The third-order valence-corrected chi connectivity index (χ3v) is 10.3. The SMILES string of the molecule is CCCCc1cccc2c1oc1c(-c3ccc4c(c3)-c3cc(-c5cccc6c5oc5c(CCCC)cccc56)ccc3C4)cccc12. The Kier molecular flexibility index (Phi) is 6.78. The van der Waals surface area contributed by atoms with Gasteiger partial charge in [-0.25, -0.2) is 0 Å². The van der Waals surface area contributed by atoms with Crippen molar-refractivity contribution in [2.75, 3.05) is 0 Å². The molecule has 47 heavy (non-hydrogen) atoms. The number of para-hydroxylation sites is 4. The Hall–Kier alpha value is -5.08. The summed E-state index contributed by atoms with van der Waals surface area (Å²) in [6.45, 7) is 4.49. The molecule has 0 saturated carbocycles. The molecule has 0 aliphatic heterocycles. The molecule has 2 aromatic heterocycles. The van der Waals surface area contributed by atoms with Crippen molar-refractivity contribution in [2.45, 2.75) is 58.8 Å². The smallest absolute Gasteiger partial charge is 0.143 e. The molecule has 1 aliphatic carbocycles. The Labute approximate surface area is 275 Å². The second-order valence-corrected chi connectivity index (χ2v) is 13.3. The summed E-state index contributed by atoms with van der Waals surface area (Å²) in [7, 11) is 0. The van der Waals surface area contributed by atoms with Gasteiger partial charge >= 0.3 is 0 Å². The first kappa shape index (κ1) is 28.2. The molecule has 0 spiro atoms. The summed E-state index contributed by atoms with van der Waals surface area (Å²) in [5.74, 6) is 0. The lowest BCUT2D eigenvalue weighted by Gasteiger charge is -2.09. The molecule has 0 unspecified atom stereocenters. The molecule has 8 aromatic rings. The van der Waals surface area contributed by atoms with Gasteiger partial charge in [0.1, 0.15) is 22.3 Å². The van der Waals surface area contributed by atoms with Crippen LogP contribution in [0, 0.1) is 0 Å². The fraction of sp³-hybridized carbons (Fsp3) is 0.200. The largest absolute Gasteiger partial charge is 0.455 e. The van der Waals surface area contributed by atoms with Crippen molar-refractivity contribution in [3.05, 3.63) is 131 Å². The number of rotatable bonds is 8. The van der Waals surface area contributed by atoms with Crippen LogP contribution in [-0.2, 0) is 19.3 Å². The first-order valence-electron chi connectivity index (χ1n) is 17.3. The van der Waals surface area contributed by atoms with E-state index in [1.165, 1.54) is 91.7 Å². The number of furan rings is 2. The van der Waals surface area contributed by atoms with E-state index in [9.17, 15) is 0 Å². The molecule has 0 atom stereocenters. The average molecular weight is 611 g/mol. The van der Waals surface area contributed by atoms with Gasteiger partial charge in [-0.2, -0.15) is 0 Å². The predicted molar refractivity (Wildman–Crippen MR) is 197 cm³/mol. The van der Waals surface area contributed by atoms with E-state index >= 15 is 0 Å². The van der Waals surface area contributed by atoms with Crippen molar-refractivity contribution in [3.63, 3.8) is 0 Å². The lowest BCUT2D eigenvalue weighted by atomic mass is 9.95. The Bertz CT molecular complexity index is 2300. The summed E-state index contributed by atoms with van der Waals surface area (Å²) in [5.41, 5.74) is 16.7. The van der Waals surface area contributed by atoms with Gasteiger partial charge in [-0.05, 0) is 88.7 Å². The summed E-state index contributed by atoms with van der Waals surface area (Å²) in [4.78, 5) is 0. The van der Waals surface area contributed by atoms with Crippen molar-refractivity contribution >= 4 is 43.9 Å². The van der Waals surface area contributed by atoms with E-state index in [1.54, 1.807) is 0 Å². The van der Waals surface area contributed by atoms with Crippen LogP contribution in [-0.4, -0.2) is 0 Å². The highest BCUT2D eigenvalue weighted by Gasteiger charge is 2.22. The summed E-state index contributed by atoms with van der Waals surface area (Å²) >= 11 is 0. The Morgan fingerprint density at radius 3 is 1.32 bits per heavy atom. The van der Waals surface area contributed by atoms with Crippen LogP contribution in [0.25, 0.3) is 77.3 Å². The molecule has 2 heterocycles. The minimum atomic E-state index is 0.955. The number of aryl methyl sites for hydroxylation is 2. The standard InChI is InChI=1S/C45H38O2/c1-3-5-11-28-13-7-17-36-38-19-9-15-34(44(38)46-42(28)36)32-23-21-30-25-31-22-24-33(27-41(31)40(30)26-32)35-16-10-20-39-37-18-8-14-29(12-6-4-2)43(37)47-45(35)39/h7-10,13-24,26-27H,3-6,11-12,25H2,1-2H3. The number of unbranched alkanes of at least 4 members (excludes halogenated alkanes) is 2. The second-order valence-electron chi connectivity index (χ2n) is 13.3. The van der Waals surface area contributed by atoms with Crippen LogP contribution in [0.3, 0.4) is 0 Å². The normalized spacial score (nSPS) is 12.5. The second kappa shape index (κ2) is 11.3. The summed E-state index contributed by atoms with van der Waals surface area (Å²) < 4.78 is 13.4. The zero-order valence-electron chi connectivity index (χ0n) is 27.2. The monoisotopic (exact) mass is 610 g/mol. The Balaban J connectivity index is 1.15. The molecule has 0 fully saturated rings. The number of hydrogen-bond acceptors (Lipinski definition) is 2. The van der Waals surface area contributed by atoms with Crippen LogP contribution in [0.1, 0.15) is 61.8 Å². The molecule has 9 rings (SSSR count).